The van der Waals surface area contributed by atoms with Crippen LogP contribution in [0.15, 0.2) is 36.4 Å². The van der Waals surface area contributed by atoms with Crippen LogP contribution in [0, 0.1) is 13.8 Å². The fourth-order valence-electron chi connectivity index (χ4n) is 3.29. The van der Waals surface area contributed by atoms with Crippen molar-refractivity contribution in [2.75, 3.05) is 13.2 Å². The first kappa shape index (κ1) is 25.0. The summed E-state index contributed by atoms with van der Waals surface area (Å²) in [5, 5.41) is 4.20. The number of ether oxygens (including phenoxy) is 1. The van der Waals surface area contributed by atoms with Crippen LogP contribution in [0.2, 0.25) is 10.0 Å². The number of rotatable bonds is 10. The quantitative estimate of drug-likeness (QED) is 0.517. The summed E-state index contributed by atoms with van der Waals surface area (Å²) in [6.45, 7) is 8.34. The minimum Gasteiger partial charge on any atom is -0.484 e. The van der Waals surface area contributed by atoms with Crippen LogP contribution in [0.25, 0.3) is 0 Å². The van der Waals surface area contributed by atoms with Crippen molar-refractivity contribution in [3.8, 4) is 5.75 Å². The summed E-state index contributed by atoms with van der Waals surface area (Å²) in [6, 6.07) is 10.3. The zero-order valence-electron chi connectivity index (χ0n) is 18.5. The molecule has 0 bridgehead atoms. The van der Waals surface area contributed by atoms with Gasteiger partial charge in [0.1, 0.15) is 11.8 Å². The zero-order valence-corrected chi connectivity index (χ0v) is 20.0. The summed E-state index contributed by atoms with van der Waals surface area (Å²) in [5.41, 5.74) is 2.65. The fourth-order valence-corrected chi connectivity index (χ4v) is 3.52. The van der Waals surface area contributed by atoms with Crippen LogP contribution in [-0.2, 0) is 16.1 Å². The van der Waals surface area contributed by atoms with E-state index in [1.54, 1.807) is 29.2 Å². The Bertz CT molecular complexity index is 877. The van der Waals surface area contributed by atoms with E-state index < -0.39 is 6.04 Å². The second kappa shape index (κ2) is 12.0. The minimum atomic E-state index is -0.591. The Hall–Kier alpha value is -2.24. The van der Waals surface area contributed by atoms with Gasteiger partial charge in [-0.25, -0.2) is 0 Å². The van der Waals surface area contributed by atoms with Crippen LogP contribution >= 0.6 is 23.2 Å². The summed E-state index contributed by atoms with van der Waals surface area (Å²) in [5.74, 6) is 0.145. The SMILES string of the molecule is CCCNC(=O)C(CC)N(Cc1ccc(Cl)cc1)C(=O)COc1cc(C)c(Cl)c(C)c1. The van der Waals surface area contributed by atoms with Crippen LogP contribution in [0.5, 0.6) is 5.75 Å². The average Bonchev–Trinajstić information content (AvgIpc) is 2.75. The van der Waals surface area contributed by atoms with Crippen LogP contribution in [-0.4, -0.2) is 35.9 Å². The summed E-state index contributed by atoms with van der Waals surface area (Å²) in [7, 11) is 0. The summed E-state index contributed by atoms with van der Waals surface area (Å²) < 4.78 is 5.78. The van der Waals surface area contributed by atoms with Crippen molar-refractivity contribution >= 4 is 35.0 Å². The van der Waals surface area contributed by atoms with Gasteiger partial charge in [0.05, 0.1) is 0 Å². The fraction of sp³-hybridized carbons (Fsp3) is 0.417. The van der Waals surface area contributed by atoms with E-state index in [4.69, 9.17) is 27.9 Å². The lowest BCUT2D eigenvalue weighted by Gasteiger charge is -2.30. The number of aryl methyl sites for hydroxylation is 2. The Kier molecular flexibility index (Phi) is 9.66. The maximum atomic E-state index is 13.2. The minimum absolute atomic E-state index is 0.162. The second-order valence-electron chi connectivity index (χ2n) is 7.52. The number of benzene rings is 2. The van der Waals surface area contributed by atoms with Crippen LogP contribution in [0.3, 0.4) is 0 Å². The lowest BCUT2D eigenvalue weighted by atomic mass is 10.1. The third-order valence-corrected chi connectivity index (χ3v) is 5.82. The molecule has 1 N–H and O–H groups in total. The van der Waals surface area contributed by atoms with Crippen LogP contribution < -0.4 is 10.1 Å². The van der Waals surface area contributed by atoms with Gasteiger partial charge in [0.2, 0.25) is 5.91 Å². The van der Waals surface area contributed by atoms with Gasteiger partial charge in [0, 0.05) is 23.1 Å². The zero-order chi connectivity index (χ0) is 23.0. The van der Waals surface area contributed by atoms with Gasteiger partial charge in [-0.2, -0.15) is 0 Å². The van der Waals surface area contributed by atoms with Crippen molar-refractivity contribution in [1.29, 1.82) is 0 Å². The molecule has 0 aliphatic rings. The molecule has 2 amide bonds. The lowest BCUT2D eigenvalue weighted by Crippen LogP contribution is -2.50. The van der Waals surface area contributed by atoms with Gasteiger partial charge >= 0.3 is 0 Å². The Balaban J connectivity index is 2.21. The van der Waals surface area contributed by atoms with Crippen molar-refractivity contribution in [3.63, 3.8) is 0 Å². The Morgan fingerprint density at radius 1 is 1.06 bits per heavy atom. The number of halogens is 2. The molecule has 0 saturated heterocycles. The molecule has 1 unspecified atom stereocenters. The highest BCUT2D eigenvalue weighted by Gasteiger charge is 2.28. The molecule has 2 aromatic carbocycles. The van der Waals surface area contributed by atoms with E-state index in [-0.39, 0.29) is 25.0 Å². The second-order valence-corrected chi connectivity index (χ2v) is 8.34. The number of hydrogen-bond acceptors (Lipinski definition) is 3. The first-order chi connectivity index (χ1) is 14.8. The van der Waals surface area contributed by atoms with Crippen molar-refractivity contribution in [2.45, 2.75) is 53.1 Å². The van der Waals surface area contributed by atoms with Crippen molar-refractivity contribution in [3.05, 3.63) is 63.1 Å². The van der Waals surface area contributed by atoms with Gasteiger partial charge < -0.3 is 15.0 Å². The molecular formula is C24H30Cl2N2O3. The molecule has 1 atom stereocenters. The maximum absolute atomic E-state index is 13.2. The van der Waals surface area contributed by atoms with Crippen molar-refractivity contribution in [2.24, 2.45) is 0 Å². The highest BCUT2D eigenvalue weighted by molar-refractivity contribution is 6.32. The number of carbonyl (C=O) groups excluding carboxylic acids is 2. The first-order valence-electron chi connectivity index (χ1n) is 10.5. The first-order valence-corrected chi connectivity index (χ1v) is 11.2. The number of nitrogens with zero attached hydrogens (tertiary/aromatic N) is 1. The van der Waals surface area contributed by atoms with E-state index in [1.807, 2.05) is 39.8 Å². The predicted octanol–water partition coefficient (Wildman–Crippen LogP) is 5.32. The van der Waals surface area contributed by atoms with E-state index in [1.165, 1.54) is 0 Å². The summed E-state index contributed by atoms with van der Waals surface area (Å²) in [4.78, 5) is 27.5. The van der Waals surface area contributed by atoms with E-state index >= 15 is 0 Å². The largest absolute Gasteiger partial charge is 0.484 e. The van der Waals surface area contributed by atoms with Crippen LogP contribution in [0.4, 0.5) is 0 Å². The van der Waals surface area contributed by atoms with Gasteiger partial charge in [0.15, 0.2) is 6.61 Å². The van der Waals surface area contributed by atoms with Gasteiger partial charge in [-0.15, -0.1) is 0 Å². The Morgan fingerprint density at radius 3 is 2.23 bits per heavy atom. The molecule has 0 radical (unpaired) electrons. The van der Waals surface area contributed by atoms with Crippen molar-refractivity contribution in [1.82, 2.24) is 10.2 Å². The molecule has 0 aliphatic heterocycles. The maximum Gasteiger partial charge on any atom is 0.261 e. The molecule has 0 aliphatic carbocycles. The number of hydrogen-bond donors (Lipinski definition) is 1. The van der Waals surface area contributed by atoms with E-state index in [0.717, 1.165) is 23.1 Å². The molecule has 0 spiro atoms. The average molecular weight is 465 g/mol. The molecule has 5 nitrogen and oxygen atoms in total. The highest BCUT2D eigenvalue weighted by atomic mass is 35.5. The monoisotopic (exact) mass is 464 g/mol. The molecule has 168 valence electrons. The number of nitrogens with one attached hydrogen (secondary N) is 1. The number of amides is 2. The van der Waals surface area contributed by atoms with Crippen molar-refractivity contribution < 1.29 is 14.3 Å². The summed E-state index contributed by atoms with van der Waals surface area (Å²) >= 11 is 12.2. The van der Waals surface area contributed by atoms with Gasteiger partial charge in [-0.3, -0.25) is 9.59 Å². The van der Waals surface area contributed by atoms with Gasteiger partial charge in [-0.05, 0) is 67.6 Å². The van der Waals surface area contributed by atoms with E-state index in [2.05, 4.69) is 5.32 Å². The molecule has 7 heteroatoms. The molecule has 2 aromatic rings. The standard InChI is InChI=1S/C24H30Cl2N2O3/c1-5-11-27-24(30)21(6-2)28(14-18-7-9-19(25)10-8-18)22(29)15-31-20-12-16(3)23(26)17(4)13-20/h7-10,12-13,21H,5-6,11,14-15H2,1-4H3,(H,27,30). The molecule has 0 fully saturated rings. The predicted molar refractivity (Wildman–Crippen MR) is 126 cm³/mol. The molecular weight excluding hydrogens is 435 g/mol. The van der Waals surface area contributed by atoms with Gasteiger partial charge in [-0.1, -0.05) is 49.2 Å². The topological polar surface area (TPSA) is 58.6 Å². The number of carbonyl (C=O) groups is 2. The molecule has 0 heterocycles. The third kappa shape index (κ3) is 7.15. The van der Waals surface area contributed by atoms with E-state index in [9.17, 15) is 9.59 Å². The molecule has 2 rings (SSSR count). The van der Waals surface area contributed by atoms with Gasteiger partial charge in [0.25, 0.3) is 5.91 Å². The summed E-state index contributed by atoms with van der Waals surface area (Å²) in [6.07, 6.45) is 1.32. The highest BCUT2D eigenvalue weighted by Crippen LogP contribution is 2.26. The Morgan fingerprint density at radius 2 is 1.68 bits per heavy atom. The molecule has 0 aromatic heterocycles. The third-order valence-electron chi connectivity index (χ3n) is 4.97. The normalized spacial score (nSPS) is 11.7. The smallest absolute Gasteiger partial charge is 0.261 e. The molecule has 0 saturated carbocycles. The van der Waals surface area contributed by atoms with E-state index in [0.29, 0.717) is 28.8 Å². The van der Waals surface area contributed by atoms with Crippen LogP contribution in [0.1, 0.15) is 43.4 Å². The Labute approximate surface area is 194 Å². The molecule has 31 heavy (non-hydrogen) atoms. The lowest BCUT2D eigenvalue weighted by molar-refractivity contribution is -0.143.